The van der Waals surface area contributed by atoms with E-state index in [1.807, 2.05) is 24.3 Å². The van der Waals surface area contributed by atoms with Crippen LogP contribution >= 0.6 is 0 Å². The zero-order chi connectivity index (χ0) is 19.1. The fraction of sp³-hybridized carbons (Fsp3) is 0.600. The molecular weight excluding hydrogens is 332 g/mol. The molecular formula is C20H34O4Si. The molecule has 142 valence electrons. The third-order valence-corrected chi connectivity index (χ3v) is 9.31. The Morgan fingerprint density at radius 1 is 1.16 bits per heavy atom. The number of methoxy groups -OCH3 is 2. The summed E-state index contributed by atoms with van der Waals surface area (Å²) in [6.07, 6.45) is 0.309. The Balaban J connectivity index is 2.50. The number of hydrogen-bond acceptors (Lipinski definition) is 4. The number of benzene rings is 1. The minimum absolute atomic E-state index is 0.218. The Morgan fingerprint density at radius 3 is 2.36 bits per heavy atom. The summed E-state index contributed by atoms with van der Waals surface area (Å²) in [5, 5.41) is 0.218. The fourth-order valence-electron chi connectivity index (χ4n) is 2.08. The topological polar surface area (TPSA) is 36.9 Å². The smallest absolute Gasteiger partial charge is 0.191 e. The maximum Gasteiger partial charge on any atom is 0.191 e. The molecule has 1 rings (SSSR count). The third kappa shape index (κ3) is 6.59. The first-order valence-corrected chi connectivity index (χ1v) is 11.6. The average Bonchev–Trinajstić information content (AvgIpc) is 2.54. The van der Waals surface area contributed by atoms with Crippen molar-refractivity contribution in [2.45, 2.75) is 51.6 Å². The monoisotopic (exact) mass is 366 g/mol. The van der Waals surface area contributed by atoms with Gasteiger partial charge in [-0.2, -0.15) is 0 Å². The highest BCUT2D eigenvalue weighted by atomic mass is 28.4. The predicted octanol–water partition coefficient (Wildman–Crippen LogP) is 5.32. The fourth-order valence-corrected chi connectivity index (χ4v) is 3.12. The van der Waals surface area contributed by atoms with E-state index in [1.165, 1.54) is 0 Å². The van der Waals surface area contributed by atoms with Gasteiger partial charge < -0.3 is 18.6 Å². The molecule has 0 amide bonds. The molecule has 0 saturated heterocycles. The van der Waals surface area contributed by atoms with Crippen LogP contribution in [0.15, 0.2) is 36.4 Å². The van der Waals surface area contributed by atoms with E-state index in [4.69, 9.17) is 18.6 Å². The zero-order valence-electron chi connectivity index (χ0n) is 16.8. The Kier molecular flexibility index (Phi) is 8.34. The second kappa shape index (κ2) is 9.53. The van der Waals surface area contributed by atoms with Crippen LogP contribution in [0.2, 0.25) is 18.1 Å². The molecule has 0 fully saturated rings. The van der Waals surface area contributed by atoms with E-state index in [0.717, 1.165) is 23.3 Å². The van der Waals surface area contributed by atoms with Crippen molar-refractivity contribution in [1.82, 2.24) is 0 Å². The highest BCUT2D eigenvalue weighted by Crippen LogP contribution is 2.36. The van der Waals surface area contributed by atoms with Crippen LogP contribution in [0.25, 0.3) is 0 Å². The summed E-state index contributed by atoms with van der Waals surface area (Å²) in [5.74, 6) is 0.751. The first-order chi connectivity index (χ1) is 11.6. The van der Waals surface area contributed by atoms with Gasteiger partial charge in [-0.25, -0.2) is 0 Å². The molecule has 25 heavy (non-hydrogen) atoms. The Morgan fingerprint density at radius 2 is 1.80 bits per heavy atom. The molecule has 1 aromatic carbocycles. The van der Waals surface area contributed by atoms with Gasteiger partial charge in [0.2, 0.25) is 0 Å². The van der Waals surface area contributed by atoms with Gasteiger partial charge in [-0.05, 0) is 36.2 Å². The lowest BCUT2D eigenvalue weighted by atomic mass is 10.2. The molecule has 0 aliphatic heterocycles. The summed E-state index contributed by atoms with van der Waals surface area (Å²) in [7, 11) is 1.56. The van der Waals surface area contributed by atoms with Crippen LogP contribution in [0, 0.1) is 0 Å². The van der Waals surface area contributed by atoms with Gasteiger partial charge in [0.05, 0.1) is 13.7 Å². The number of hydrogen-bond donors (Lipinski definition) is 0. The average molecular weight is 367 g/mol. The molecule has 0 N–H and O–H groups in total. The van der Waals surface area contributed by atoms with Crippen molar-refractivity contribution in [1.29, 1.82) is 0 Å². The van der Waals surface area contributed by atoms with E-state index in [9.17, 15) is 0 Å². The SMILES string of the molecule is C=C(CCO[Si](C)(C)C(C)(C)C)COC(OC)c1ccccc1OC. The van der Waals surface area contributed by atoms with Gasteiger partial charge in [-0.15, -0.1) is 0 Å². The molecule has 1 unspecified atom stereocenters. The van der Waals surface area contributed by atoms with Crippen molar-refractivity contribution in [2.24, 2.45) is 0 Å². The van der Waals surface area contributed by atoms with Gasteiger partial charge in [0, 0.05) is 19.3 Å². The molecule has 0 aromatic heterocycles. The summed E-state index contributed by atoms with van der Waals surface area (Å²) in [6, 6.07) is 7.70. The number of para-hydroxylation sites is 1. The number of rotatable bonds is 10. The molecule has 4 nitrogen and oxygen atoms in total. The van der Waals surface area contributed by atoms with Gasteiger partial charge in [0.1, 0.15) is 5.75 Å². The van der Waals surface area contributed by atoms with E-state index in [2.05, 4.69) is 40.4 Å². The molecule has 1 atom stereocenters. The molecule has 0 aliphatic rings. The second-order valence-corrected chi connectivity index (χ2v) is 12.5. The number of ether oxygens (including phenoxy) is 3. The van der Waals surface area contributed by atoms with E-state index in [0.29, 0.717) is 13.2 Å². The van der Waals surface area contributed by atoms with E-state index in [1.54, 1.807) is 14.2 Å². The van der Waals surface area contributed by atoms with Crippen molar-refractivity contribution < 1.29 is 18.6 Å². The summed E-state index contributed by atoms with van der Waals surface area (Å²) in [4.78, 5) is 0. The first-order valence-electron chi connectivity index (χ1n) is 8.70. The van der Waals surface area contributed by atoms with Crippen LogP contribution in [0.4, 0.5) is 0 Å². The lowest BCUT2D eigenvalue weighted by Crippen LogP contribution is -2.41. The maximum atomic E-state index is 6.19. The normalized spacial score (nSPS) is 13.6. The van der Waals surface area contributed by atoms with Crippen LogP contribution in [0.1, 0.15) is 39.0 Å². The molecule has 0 spiro atoms. The van der Waals surface area contributed by atoms with E-state index >= 15 is 0 Å². The Hall–Kier alpha value is -1.14. The standard InChI is InChI=1S/C20H34O4Si/c1-16(13-14-24-25(7,8)20(2,3)4)15-23-19(22-6)17-11-9-10-12-18(17)21-5/h9-12,19H,1,13-15H2,2-8H3. The molecule has 0 heterocycles. The quantitative estimate of drug-likeness (QED) is 0.319. The summed E-state index contributed by atoms with van der Waals surface area (Å²) in [5.41, 5.74) is 1.87. The van der Waals surface area contributed by atoms with Gasteiger partial charge in [0.15, 0.2) is 14.6 Å². The van der Waals surface area contributed by atoms with Crippen LogP contribution in [0.5, 0.6) is 5.75 Å². The third-order valence-electron chi connectivity index (χ3n) is 4.77. The highest BCUT2D eigenvalue weighted by molar-refractivity contribution is 6.74. The van der Waals surface area contributed by atoms with Crippen molar-refractivity contribution in [3.63, 3.8) is 0 Å². The maximum absolute atomic E-state index is 6.19. The van der Waals surface area contributed by atoms with E-state index in [-0.39, 0.29) is 5.04 Å². The molecule has 5 heteroatoms. The van der Waals surface area contributed by atoms with Crippen molar-refractivity contribution in [3.8, 4) is 5.75 Å². The van der Waals surface area contributed by atoms with Crippen molar-refractivity contribution in [2.75, 3.05) is 27.4 Å². The molecule has 0 saturated carbocycles. The minimum Gasteiger partial charge on any atom is -0.496 e. The molecule has 0 radical (unpaired) electrons. The molecule has 1 aromatic rings. The van der Waals surface area contributed by atoms with Gasteiger partial charge in [-0.3, -0.25) is 0 Å². The predicted molar refractivity (Wildman–Crippen MR) is 106 cm³/mol. The van der Waals surface area contributed by atoms with Gasteiger partial charge in [-0.1, -0.05) is 45.5 Å². The van der Waals surface area contributed by atoms with Crippen molar-refractivity contribution >= 4 is 8.32 Å². The van der Waals surface area contributed by atoms with Crippen molar-refractivity contribution in [3.05, 3.63) is 42.0 Å². The van der Waals surface area contributed by atoms with Crippen LogP contribution in [-0.4, -0.2) is 35.8 Å². The lowest BCUT2D eigenvalue weighted by molar-refractivity contribution is -0.122. The van der Waals surface area contributed by atoms with Gasteiger partial charge >= 0.3 is 0 Å². The second-order valence-electron chi connectivity index (χ2n) is 7.73. The summed E-state index contributed by atoms with van der Waals surface area (Å²) < 4.78 is 22.9. The van der Waals surface area contributed by atoms with Crippen LogP contribution in [0.3, 0.4) is 0 Å². The first kappa shape index (κ1) is 21.9. The summed E-state index contributed by atoms with van der Waals surface area (Å²) in [6.45, 7) is 16.5. The molecule has 0 bridgehead atoms. The van der Waals surface area contributed by atoms with Crippen LogP contribution in [-0.2, 0) is 13.9 Å². The summed E-state index contributed by atoms with van der Waals surface area (Å²) >= 11 is 0. The van der Waals surface area contributed by atoms with Crippen LogP contribution < -0.4 is 4.74 Å². The van der Waals surface area contributed by atoms with Gasteiger partial charge in [0.25, 0.3) is 0 Å². The highest BCUT2D eigenvalue weighted by Gasteiger charge is 2.36. The zero-order valence-corrected chi connectivity index (χ0v) is 17.8. The minimum atomic E-state index is -1.71. The lowest BCUT2D eigenvalue weighted by Gasteiger charge is -2.36. The Labute approximate surface area is 154 Å². The largest absolute Gasteiger partial charge is 0.496 e. The molecule has 0 aliphatic carbocycles. The van der Waals surface area contributed by atoms with E-state index < -0.39 is 14.6 Å². The Bertz CT molecular complexity index is 549.